The van der Waals surface area contributed by atoms with Crippen molar-refractivity contribution in [2.75, 3.05) is 5.32 Å². The average molecular weight is 301 g/mol. The molecule has 1 amide bonds. The highest BCUT2D eigenvalue weighted by atomic mass is 16.1. The van der Waals surface area contributed by atoms with Crippen LogP contribution in [0.3, 0.4) is 0 Å². The van der Waals surface area contributed by atoms with Crippen LogP contribution in [0.5, 0.6) is 0 Å². The molecule has 2 aromatic heterocycles. The van der Waals surface area contributed by atoms with E-state index in [-0.39, 0.29) is 24.8 Å². The zero-order valence-corrected chi connectivity index (χ0v) is 13.2. The van der Waals surface area contributed by atoms with E-state index in [1.54, 1.807) is 17.9 Å². The van der Waals surface area contributed by atoms with Crippen LogP contribution in [0.1, 0.15) is 37.0 Å². The highest BCUT2D eigenvalue weighted by Crippen LogP contribution is 2.13. The predicted octanol–water partition coefficient (Wildman–Crippen LogP) is 1.15. The molecule has 0 aromatic carbocycles. The van der Waals surface area contributed by atoms with Gasteiger partial charge in [-0.1, -0.05) is 13.8 Å². The van der Waals surface area contributed by atoms with Crippen LogP contribution < -0.4 is 5.32 Å². The Labute approximate surface area is 128 Å². The lowest BCUT2D eigenvalue weighted by Gasteiger charge is -2.02. The number of hydrogen-bond donors (Lipinski definition) is 1. The van der Waals surface area contributed by atoms with Crippen LogP contribution in [-0.2, 0) is 24.8 Å². The number of hydrogen-bond acceptors (Lipinski definition) is 5. The van der Waals surface area contributed by atoms with Gasteiger partial charge in [-0.3, -0.25) is 14.2 Å². The molecule has 0 unspecified atom stereocenters. The lowest BCUT2D eigenvalue weighted by molar-refractivity contribution is -0.115. The molecular weight excluding hydrogens is 282 g/mol. The van der Waals surface area contributed by atoms with Crippen LogP contribution >= 0.6 is 0 Å². The Morgan fingerprint density at radius 3 is 2.77 bits per heavy atom. The van der Waals surface area contributed by atoms with Crippen molar-refractivity contribution < 1.29 is 4.79 Å². The molecule has 0 spiro atoms. The summed E-state index contributed by atoms with van der Waals surface area (Å²) >= 11 is 0. The number of nitriles is 1. The van der Waals surface area contributed by atoms with Gasteiger partial charge in [-0.15, -0.1) is 0 Å². The van der Waals surface area contributed by atoms with Crippen LogP contribution in [0.25, 0.3) is 0 Å². The fourth-order valence-corrected chi connectivity index (χ4v) is 1.95. The van der Waals surface area contributed by atoms with Crippen molar-refractivity contribution in [2.24, 2.45) is 7.05 Å². The molecule has 0 radical (unpaired) electrons. The molecule has 8 heteroatoms. The van der Waals surface area contributed by atoms with Crippen molar-refractivity contribution in [1.82, 2.24) is 24.5 Å². The van der Waals surface area contributed by atoms with E-state index >= 15 is 0 Å². The number of nitrogens with one attached hydrogen (secondary N) is 1. The minimum atomic E-state index is -0.212. The van der Waals surface area contributed by atoms with Crippen molar-refractivity contribution in [3.05, 3.63) is 23.4 Å². The molecule has 0 atom stereocenters. The topological polar surface area (TPSA) is 101 Å². The Kier molecular flexibility index (Phi) is 4.56. The Bertz CT molecular complexity index is 720. The maximum Gasteiger partial charge on any atom is 0.233 e. The number of aromatic nitrogens is 5. The van der Waals surface area contributed by atoms with Gasteiger partial charge in [0.25, 0.3) is 0 Å². The molecule has 0 saturated heterocycles. The van der Waals surface area contributed by atoms with E-state index in [1.165, 1.54) is 4.68 Å². The van der Waals surface area contributed by atoms with Gasteiger partial charge in [-0.2, -0.15) is 15.5 Å². The standard InChI is InChI=1S/C14H19N7O/c1-9(2)13-16-11(20(4)18-13)7-12(22)17-14-10(3)8-21(19-14)6-5-15/h8-9H,6-7H2,1-4H3,(H,17,19,22). The predicted molar refractivity (Wildman–Crippen MR) is 80.0 cm³/mol. The van der Waals surface area contributed by atoms with Crippen molar-refractivity contribution in [3.8, 4) is 6.07 Å². The summed E-state index contributed by atoms with van der Waals surface area (Å²) in [6.07, 6.45) is 1.85. The zero-order chi connectivity index (χ0) is 16.3. The zero-order valence-electron chi connectivity index (χ0n) is 13.2. The van der Waals surface area contributed by atoms with Gasteiger partial charge in [0.1, 0.15) is 12.4 Å². The first-order valence-electron chi connectivity index (χ1n) is 7.01. The lowest BCUT2D eigenvalue weighted by Crippen LogP contribution is -2.18. The number of carbonyl (C=O) groups excluding carboxylic acids is 1. The van der Waals surface area contributed by atoms with Gasteiger partial charge < -0.3 is 5.32 Å². The maximum atomic E-state index is 12.1. The van der Waals surface area contributed by atoms with Gasteiger partial charge in [0.15, 0.2) is 11.6 Å². The highest BCUT2D eigenvalue weighted by Gasteiger charge is 2.15. The minimum Gasteiger partial charge on any atom is -0.309 e. The second-order valence-electron chi connectivity index (χ2n) is 5.41. The average Bonchev–Trinajstić information content (AvgIpc) is 2.95. The van der Waals surface area contributed by atoms with Crippen molar-refractivity contribution in [1.29, 1.82) is 5.26 Å². The molecule has 116 valence electrons. The molecule has 0 bridgehead atoms. The Hall–Kier alpha value is -2.69. The van der Waals surface area contributed by atoms with E-state index in [9.17, 15) is 4.79 Å². The molecular formula is C14H19N7O. The minimum absolute atomic E-state index is 0.126. The summed E-state index contributed by atoms with van der Waals surface area (Å²) in [6, 6.07) is 2.00. The molecule has 0 aliphatic heterocycles. The fourth-order valence-electron chi connectivity index (χ4n) is 1.95. The Morgan fingerprint density at radius 2 is 2.18 bits per heavy atom. The molecule has 0 aliphatic carbocycles. The molecule has 8 nitrogen and oxygen atoms in total. The fraction of sp³-hybridized carbons (Fsp3) is 0.500. The van der Waals surface area contributed by atoms with Crippen molar-refractivity contribution in [3.63, 3.8) is 0 Å². The van der Waals surface area contributed by atoms with Crippen LogP contribution in [-0.4, -0.2) is 30.5 Å². The largest absolute Gasteiger partial charge is 0.309 e. The number of aryl methyl sites for hydroxylation is 2. The number of carbonyl (C=O) groups is 1. The van der Waals surface area contributed by atoms with E-state index in [2.05, 4.69) is 20.5 Å². The summed E-state index contributed by atoms with van der Waals surface area (Å²) in [7, 11) is 1.77. The van der Waals surface area contributed by atoms with E-state index < -0.39 is 0 Å². The normalized spacial score (nSPS) is 10.7. The second kappa shape index (κ2) is 6.39. The first-order valence-corrected chi connectivity index (χ1v) is 7.01. The highest BCUT2D eigenvalue weighted by molar-refractivity contribution is 5.91. The van der Waals surface area contributed by atoms with Gasteiger partial charge >= 0.3 is 0 Å². The van der Waals surface area contributed by atoms with Gasteiger partial charge in [0.2, 0.25) is 5.91 Å². The van der Waals surface area contributed by atoms with Crippen molar-refractivity contribution >= 4 is 11.7 Å². The number of nitrogens with zero attached hydrogens (tertiary/aromatic N) is 6. The van der Waals surface area contributed by atoms with Crippen LogP contribution in [0.2, 0.25) is 0 Å². The van der Waals surface area contributed by atoms with Gasteiger partial charge in [-0.25, -0.2) is 4.98 Å². The first-order chi connectivity index (χ1) is 10.4. The third kappa shape index (κ3) is 3.49. The molecule has 0 aliphatic rings. The van der Waals surface area contributed by atoms with E-state index in [0.717, 1.165) is 11.4 Å². The summed E-state index contributed by atoms with van der Waals surface area (Å²) in [5.74, 6) is 1.80. The SMILES string of the molecule is Cc1cn(CC#N)nc1NC(=O)Cc1nc(C(C)C)nn1C. The van der Waals surface area contributed by atoms with Gasteiger partial charge in [0.05, 0.1) is 12.5 Å². The van der Waals surface area contributed by atoms with E-state index in [0.29, 0.717) is 11.6 Å². The third-order valence-corrected chi connectivity index (χ3v) is 3.14. The summed E-state index contributed by atoms with van der Waals surface area (Å²) in [5.41, 5.74) is 0.810. The van der Waals surface area contributed by atoms with Gasteiger partial charge in [0, 0.05) is 24.7 Å². The molecule has 2 rings (SSSR count). The monoisotopic (exact) mass is 301 g/mol. The molecule has 0 saturated carbocycles. The number of amides is 1. The summed E-state index contributed by atoms with van der Waals surface area (Å²) in [6.45, 7) is 5.99. The number of rotatable bonds is 5. The van der Waals surface area contributed by atoms with Gasteiger partial charge in [-0.05, 0) is 6.92 Å². The summed E-state index contributed by atoms with van der Waals surface area (Å²) < 4.78 is 3.11. The molecule has 1 N–H and O–H groups in total. The third-order valence-electron chi connectivity index (χ3n) is 3.14. The summed E-state index contributed by atoms with van der Waals surface area (Å²) in [5, 5.41) is 19.8. The van der Waals surface area contributed by atoms with Crippen LogP contribution in [0.15, 0.2) is 6.20 Å². The Morgan fingerprint density at radius 1 is 1.45 bits per heavy atom. The first kappa shape index (κ1) is 15.7. The molecule has 22 heavy (non-hydrogen) atoms. The maximum absolute atomic E-state index is 12.1. The molecule has 2 heterocycles. The van der Waals surface area contributed by atoms with Crippen LogP contribution in [0, 0.1) is 18.3 Å². The molecule has 2 aromatic rings. The van der Waals surface area contributed by atoms with Crippen LogP contribution in [0.4, 0.5) is 5.82 Å². The van der Waals surface area contributed by atoms with E-state index in [1.807, 2.05) is 26.8 Å². The summed E-state index contributed by atoms with van der Waals surface area (Å²) in [4.78, 5) is 16.5. The van der Waals surface area contributed by atoms with E-state index in [4.69, 9.17) is 5.26 Å². The molecule has 0 fully saturated rings. The Balaban J connectivity index is 2.06. The quantitative estimate of drug-likeness (QED) is 0.892. The lowest BCUT2D eigenvalue weighted by atomic mass is 10.2. The smallest absolute Gasteiger partial charge is 0.233 e. The van der Waals surface area contributed by atoms with Crippen molar-refractivity contribution in [2.45, 2.75) is 39.7 Å². The number of anilines is 1. The second-order valence-corrected chi connectivity index (χ2v) is 5.41.